The van der Waals surface area contributed by atoms with Crippen molar-refractivity contribution in [1.82, 2.24) is 15.2 Å². The topological polar surface area (TPSA) is 120 Å². The SMILES string of the molecule is CCOC(=O)CSc1nnc(NC(=O)c2csc(CN)n2)s1.Cl. The molecule has 0 saturated carbocycles. The second kappa shape index (κ2) is 9.78. The number of carbonyl (C=O) groups is 2. The molecule has 3 N–H and O–H groups in total. The van der Waals surface area contributed by atoms with Gasteiger partial charge in [-0.05, 0) is 6.92 Å². The van der Waals surface area contributed by atoms with Crippen molar-refractivity contribution >= 4 is 63.9 Å². The van der Waals surface area contributed by atoms with Gasteiger partial charge in [-0.15, -0.1) is 33.9 Å². The molecule has 2 aromatic heterocycles. The lowest BCUT2D eigenvalue weighted by molar-refractivity contribution is -0.139. The molecule has 2 rings (SSSR count). The van der Waals surface area contributed by atoms with E-state index in [1.54, 1.807) is 12.3 Å². The maximum absolute atomic E-state index is 12.0. The van der Waals surface area contributed by atoms with Crippen molar-refractivity contribution < 1.29 is 14.3 Å². The number of thiazole rings is 1. The van der Waals surface area contributed by atoms with Crippen molar-refractivity contribution in [3.05, 3.63) is 16.1 Å². The van der Waals surface area contributed by atoms with Crippen molar-refractivity contribution in [2.45, 2.75) is 17.8 Å². The van der Waals surface area contributed by atoms with Gasteiger partial charge in [0.1, 0.15) is 10.7 Å². The molecule has 0 fully saturated rings. The van der Waals surface area contributed by atoms with Crippen LogP contribution in [0, 0.1) is 0 Å². The summed E-state index contributed by atoms with van der Waals surface area (Å²) in [7, 11) is 0. The standard InChI is InChI=1S/C11H13N5O3S3.ClH/c1-2-19-8(17)5-21-11-16-15-10(22-11)14-9(18)6-4-20-7(3-12)13-6;/h4H,2-3,5,12H2,1H3,(H,14,15,18);1H. The summed E-state index contributed by atoms with van der Waals surface area (Å²) in [4.78, 5) is 27.3. The molecule has 0 aliphatic rings. The first kappa shape index (κ1) is 19.8. The van der Waals surface area contributed by atoms with Crippen LogP contribution >= 0.6 is 46.8 Å². The number of amides is 1. The highest BCUT2D eigenvalue weighted by molar-refractivity contribution is 8.01. The van der Waals surface area contributed by atoms with Gasteiger partial charge < -0.3 is 10.5 Å². The molecule has 0 bridgehead atoms. The van der Waals surface area contributed by atoms with Crippen LogP contribution in [0.25, 0.3) is 0 Å². The number of nitrogens with one attached hydrogen (secondary N) is 1. The van der Waals surface area contributed by atoms with E-state index in [4.69, 9.17) is 10.5 Å². The van der Waals surface area contributed by atoms with E-state index in [1.807, 2.05) is 0 Å². The normalized spacial score (nSPS) is 10.0. The van der Waals surface area contributed by atoms with E-state index in [1.165, 1.54) is 34.4 Å². The Morgan fingerprint density at radius 1 is 1.43 bits per heavy atom. The molecule has 0 atom stereocenters. The average Bonchev–Trinajstić information content (AvgIpc) is 3.14. The molecule has 2 heterocycles. The summed E-state index contributed by atoms with van der Waals surface area (Å²) in [6, 6.07) is 0. The van der Waals surface area contributed by atoms with Crippen molar-refractivity contribution in [3.8, 4) is 0 Å². The van der Waals surface area contributed by atoms with E-state index >= 15 is 0 Å². The van der Waals surface area contributed by atoms with Gasteiger partial charge in [0.2, 0.25) is 5.13 Å². The molecule has 0 radical (unpaired) electrons. The zero-order valence-corrected chi connectivity index (χ0v) is 15.2. The fourth-order valence-corrected chi connectivity index (χ4v) is 3.51. The Hall–Kier alpha value is -1.27. The summed E-state index contributed by atoms with van der Waals surface area (Å²) in [6.07, 6.45) is 0. The number of esters is 1. The van der Waals surface area contributed by atoms with Crippen LogP contribution in [0.4, 0.5) is 5.13 Å². The highest BCUT2D eigenvalue weighted by Gasteiger charge is 2.14. The molecule has 2 aromatic rings. The molecule has 126 valence electrons. The zero-order chi connectivity index (χ0) is 15.9. The number of hydrogen-bond acceptors (Lipinski definition) is 10. The summed E-state index contributed by atoms with van der Waals surface area (Å²) < 4.78 is 5.39. The number of halogens is 1. The van der Waals surface area contributed by atoms with Crippen LogP contribution in [0.15, 0.2) is 9.72 Å². The van der Waals surface area contributed by atoms with Gasteiger partial charge in [0.05, 0.1) is 12.4 Å². The van der Waals surface area contributed by atoms with Gasteiger partial charge in [-0.3, -0.25) is 14.9 Å². The van der Waals surface area contributed by atoms with E-state index < -0.39 is 0 Å². The Bertz CT molecular complexity index is 663. The summed E-state index contributed by atoms with van der Waals surface area (Å²) >= 11 is 3.71. The minimum atomic E-state index is -0.367. The van der Waals surface area contributed by atoms with Crippen molar-refractivity contribution in [1.29, 1.82) is 0 Å². The van der Waals surface area contributed by atoms with Crippen molar-refractivity contribution in [3.63, 3.8) is 0 Å². The lowest BCUT2D eigenvalue weighted by Crippen LogP contribution is -2.12. The van der Waals surface area contributed by atoms with Crippen LogP contribution in [0.3, 0.4) is 0 Å². The first-order valence-electron chi connectivity index (χ1n) is 6.20. The third-order valence-corrected chi connectivity index (χ3v) is 5.02. The van der Waals surface area contributed by atoms with E-state index in [2.05, 4.69) is 20.5 Å². The number of hydrogen-bond donors (Lipinski definition) is 2. The maximum Gasteiger partial charge on any atom is 0.316 e. The van der Waals surface area contributed by atoms with Gasteiger partial charge in [0, 0.05) is 11.9 Å². The maximum atomic E-state index is 12.0. The molecule has 0 unspecified atom stereocenters. The van der Waals surface area contributed by atoms with Gasteiger partial charge in [-0.1, -0.05) is 23.1 Å². The number of anilines is 1. The van der Waals surface area contributed by atoms with Gasteiger partial charge in [-0.25, -0.2) is 4.98 Å². The van der Waals surface area contributed by atoms with Crippen LogP contribution in [-0.4, -0.2) is 39.4 Å². The Balaban J connectivity index is 0.00000264. The lowest BCUT2D eigenvalue weighted by Gasteiger charge is -1.98. The molecule has 23 heavy (non-hydrogen) atoms. The largest absolute Gasteiger partial charge is 0.465 e. The number of carbonyl (C=O) groups excluding carboxylic acids is 2. The molecule has 12 heteroatoms. The molecule has 0 saturated heterocycles. The van der Waals surface area contributed by atoms with Crippen LogP contribution < -0.4 is 11.1 Å². The third-order valence-electron chi connectivity index (χ3n) is 2.20. The molecule has 0 spiro atoms. The second-order valence-electron chi connectivity index (χ2n) is 3.75. The smallest absolute Gasteiger partial charge is 0.316 e. The van der Waals surface area contributed by atoms with E-state index in [0.29, 0.717) is 33.3 Å². The number of rotatable bonds is 7. The Morgan fingerprint density at radius 2 is 2.22 bits per heavy atom. The monoisotopic (exact) mass is 395 g/mol. The Kier molecular flexibility index (Phi) is 8.41. The zero-order valence-electron chi connectivity index (χ0n) is 12.0. The molecule has 0 aliphatic heterocycles. The fraction of sp³-hybridized carbons (Fsp3) is 0.364. The van der Waals surface area contributed by atoms with Crippen LogP contribution in [0.1, 0.15) is 22.4 Å². The van der Waals surface area contributed by atoms with Gasteiger partial charge in [0.15, 0.2) is 4.34 Å². The van der Waals surface area contributed by atoms with Gasteiger partial charge in [0.25, 0.3) is 5.91 Å². The van der Waals surface area contributed by atoms with Crippen molar-refractivity contribution in [2.24, 2.45) is 5.73 Å². The predicted octanol–water partition coefficient (Wildman–Crippen LogP) is 1.78. The first-order valence-corrected chi connectivity index (χ1v) is 8.88. The minimum Gasteiger partial charge on any atom is -0.465 e. The number of thioether (sulfide) groups is 1. The average molecular weight is 396 g/mol. The molecule has 1 amide bonds. The summed E-state index contributed by atoms with van der Waals surface area (Å²) in [5.41, 5.74) is 5.75. The number of aromatic nitrogens is 3. The van der Waals surface area contributed by atoms with Crippen molar-refractivity contribution in [2.75, 3.05) is 17.7 Å². The summed E-state index contributed by atoms with van der Waals surface area (Å²) in [5, 5.41) is 13.0. The number of ether oxygens (including phenoxy) is 1. The van der Waals surface area contributed by atoms with Gasteiger partial charge >= 0.3 is 5.97 Å². The van der Waals surface area contributed by atoms with E-state index in [0.717, 1.165) is 0 Å². The van der Waals surface area contributed by atoms with E-state index in [-0.39, 0.29) is 30.0 Å². The van der Waals surface area contributed by atoms with Gasteiger partial charge in [-0.2, -0.15) is 0 Å². The number of nitrogens with two attached hydrogens (primary N) is 1. The summed E-state index contributed by atoms with van der Waals surface area (Å²) in [6.45, 7) is 2.39. The molecule has 0 aliphatic carbocycles. The lowest BCUT2D eigenvalue weighted by atomic mass is 10.4. The highest BCUT2D eigenvalue weighted by Crippen LogP contribution is 2.25. The molecular formula is C11H14ClN5O3S3. The highest BCUT2D eigenvalue weighted by atomic mass is 35.5. The fourth-order valence-electron chi connectivity index (χ4n) is 1.31. The van der Waals surface area contributed by atoms with Crippen LogP contribution in [-0.2, 0) is 16.1 Å². The minimum absolute atomic E-state index is 0. The van der Waals surface area contributed by atoms with Crippen LogP contribution in [0.2, 0.25) is 0 Å². The summed E-state index contributed by atoms with van der Waals surface area (Å²) in [5.74, 6) is -0.526. The molecular weight excluding hydrogens is 382 g/mol. The quantitative estimate of drug-likeness (QED) is 0.413. The Morgan fingerprint density at radius 3 is 2.87 bits per heavy atom. The predicted molar refractivity (Wildman–Crippen MR) is 92.5 cm³/mol. The molecule has 8 nitrogen and oxygen atoms in total. The Labute approximate surface area is 150 Å². The molecule has 0 aromatic carbocycles. The van der Waals surface area contributed by atoms with E-state index in [9.17, 15) is 9.59 Å². The second-order valence-corrected chi connectivity index (χ2v) is 6.89. The van der Waals surface area contributed by atoms with Crippen LogP contribution in [0.5, 0.6) is 0 Å². The first-order chi connectivity index (χ1) is 10.6. The third kappa shape index (κ3) is 6.03. The number of nitrogens with zero attached hydrogens (tertiary/aromatic N) is 3.